The maximum absolute atomic E-state index is 8.86. The van der Waals surface area contributed by atoms with Crippen LogP contribution in [0.3, 0.4) is 0 Å². The molecule has 1 saturated carbocycles. The molecular weight excluding hydrogens is 284 g/mol. The van der Waals surface area contributed by atoms with Gasteiger partial charge in [-0.2, -0.15) is 5.26 Å². The van der Waals surface area contributed by atoms with Crippen molar-refractivity contribution in [2.75, 3.05) is 18.0 Å². The Labute approximate surface area is 139 Å². The number of hydrogen-bond donors (Lipinski definition) is 1. The molecule has 124 valence electrons. The van der Waals surface area contributed by atoms with Crippen LogP contribution < -0.4 is 10.2 Å². The minimum atomic E-state index is 0.490. The molecule has 4 heteroatoms. The van der Waals surface area contributed by atoms with Crippen LogP contribution in [0, 0.1) is 22.7 Å². The van der Waals surface area contributed by atoms with E-state index in [9.17, 15) is 0 Å². The quantitative estimate of drug-likeness (QED) is 0.930. The summed E-state index contributed by atoms with van der Waals surface area (Å²) in [4.78, 5) is 6.75. The van der Waals surface area contributed by atoms with Gasteiger partial charge in [0, 0.05) is 31.4 Å². The van der Waals surface area contributed by atoms with Crippen LogP contribution in [0.2, 0.25) is 0 Å². The number of nitriles is 1. The third kappa shape index (κ3) is 3.84. The Hall–Kier alpha value is -1.60. The highest BCUT2D eigenvalue weighted by atomic mass is 15.2. The topological polar surface area (TPSA) is 52.0 Å². The summed E-state index contributed by atoms with van der Waals surface area (Å²) in [6.45, 7) is 9.26. The lowest BCUT2D eigenvalue weighted by Gasteiger charge is -2.35. The van der Waals surface area contributed by atoms with Crippen molar-refractivity contribution < 1.29 is 0 Å². The molecule has 3 rings (SSSR count). The Bertz CT molecular complexity index is 564. The molecule has 1 aliphatic carbocycles. The first kappa shape index (κ1) is 16.3. The molecule has 1 aromatic heterocycles. The van der Waals surface area contributed by atoms with Crippen molar-refractivity contribution in [3.05, 3.63) is 23.9 Å². The van der Waals surface area contributed by atoms with Gasteiger partial charge < -0.3 is 10.2 Å². The Morgan fingerprint density at radius 2 is 2.00 bits per heavy atom. The van der Waals surface area contributed by atoms with E-state index in [4.69, 9.17) is 5.26 Å². The molecule has 0 bridgehead atoms. The predicted octanol–water partition coefficient (Wildman–Crippen LogP) is 3.34. The molecule has 2 atom stereocenters. The van der Waals surface area contributed by atoms with Gasteiger partial charge in [-0.05, 0) is 49.1 Å². The first-order valence-electron chi connectivity index (χ1n) is 8.84. The second-order valence-electron chi connectivity index (χ2n) is 8.10. The van der Waals surface area contributed by atoms with Gasteiger partial charge in [-0.15, -0.1) is 0 Å². The van der Waals surface area contributed by atoms with Gasteiger partial charge in [0.05, 0.1) is 5.56 Å². The van der Waals surface area contributed by atoms with E-state index in [1.807, 2.05) is 12.1 Å². The molecule has 1 saturated heterocycles. The third-order valence-corrected chi connectivity index (χ3v) is 5.48. The number of nitrogens with one attached hydrogen (secondary N) is 1. The van der Waals surface area contributed by atoms with Crippen molar-refractivity contribution in [1.29, 1.82) is 5.26 Å². The molecule has 2 aliphatic rings. The number of rotatable bonds is 3. The molecule has 1 N–H and O–H groups in total. The average Bonchev–Trinajstić information content (AvgIpc) is 2.80. The molecule has 0 unspecified atom stereocenters. The number of nitrogens with zero attached hydrogens (tertiary/aromatic N) is 3. The van der Waals surface area contributed by atoms with Crippen molar-refractivity contribution in [2.24, 2.45) is 11.3 Å². The Kier molecular flexibility index (Phi) is 4.59. The summed E-state index contributed by atoms with van der Waals surface area (Å²) in [7, 11) is 0. The lowest BCUT2D eigenvalue weighted by Crippen LogP contribution is -2.47. The van der Waals surface area contributed by atoms with Gasteiger partial charge >= 0.3 is 0 Å². The highest BCUT2D eigenvalue weighted by Gasteiger charge is 2.37. The minimum Gasteiger partial charge on any atom is -0.357 e. The summed E-state index contributed by atoms with van der Waals surface area (Å²) in [6.07, 6.45) is 6.64. The SMILES string of the molecule is C[C@H]1CC(C)(C)C[C@H]1NC1CCN(c2ccc(C#N)cn2)CC1. The highest BCUT2D eigenvalue weighted by Crippen LogP contribution is 2.41. The van der Waals surface area contributed by atoms with Crippen LogP contribution in [0.1, 0.15) is 52.0 Å². The van der Waals surface area contributed by atoms with Gasteiger partial charge in [0.25, 0.3) is 0 Å². The first-order valence-corrected chi connectivity index (χ1v) is 8.84. The van der Waals surface area contributed by atoms with Gasteiger partial charge in [-0.1, -0.05) is 20.8 Å². The summed E-state index contributed by atoms with van der Waals surface area (Å²) < 4.78 is 0. The van der Waals surface area contributed by atoms with Gasteiger partial charge in [-0.25, -0.2) is 4.98 Å². The van der Waals surface area contributed by atoms with E-state index in [1.165, 1.54) is 25.7 Å². The van der Waals surface area contributed by atoms with E-state index < -0.39 is 0 Å². The van der Waals surface area contributed by atoms with Crippen LogP contribution in [-0.2, 0) is 0 Å². The number of hydrogen-bond acceptors (Lipinski definition) is 4. The Balaban J connectivity index is 1.51. The lowest BCUT2D eigenvalue weighted by molar-refractivity contribution is 0.322. The molecule has 1 aliphatic heterocycles. The third-order valence-electron chi connectivity index (χ3n) is 5.48. The number of anilines is 1. The van der Waals surface area contributed by atoms with Crippen molar-refractivity contribution in [2.45, 2.75) is 58.5 Å². The van der Waals surface area contributed by atoms with Crippen molar-refractivity contribution in [1.82, 2.24) is 10.3 Å². The fourth-order valence-electron chi connectivity index (χ4n) is 4.33. The molecule has 1 aromatic rings. The van der Waals surface area contributed by atoms with E-state index >= 15 is 0 Å². The summed E-state index contributed by atoms with van der Waals surface area (Å²) in [5, 5.41) is 12.8. The highest BCUT2D eigenvalue weighted by molar-refractivity contribution is 5.42. The normalized spacial score (nSPS) is 27.8. The van der Waals surface area contributed by atoms with E-state index in [0.29, 0.717) is 23.1 Å². The maximum atomic E-state index is 8.86. The second kappa shape index (κ2) is 6.49. The zero-order valence-electron chi connectivity index (χ0n) is 14.5. The summed E-state index contributed by atoms with van der Waals surface area (Å²) >= 11 is 0. The monoisotopic (exact) mass is 312 g/mol. The van der Waals surface area contributed by atoms with Crippen molar-refractivity contribution >= 4 is 5.82 Å². The Morgan fingerprint density at radius 1 is 1.26 bits per heavy atom. The number of pyridine rings is 1. The fourth-order valence-corrected chi connectivity index (χ4v) is 4.33. The molecular formula is C19H28N4. The van der Waals surface area contributed by atoms with E-state index in [0.717, 1.165) is 24.8 Å². The summed E-state index contributed by atoms with van der Waals surface area (Å²) in [5.74, 6) is 1.78. The lowest BCUT2D eigenvalue weighted by atomic mass is 9.91. The molecule has 23 heavy (non-hydrogen) atoms. The van der Waals surface area contributed by atoms with Gasteiger partial charge in [0.2, 0.25) is 0 Å². The average molecular weight is 312 g/mol. The van der Waals surface area contributed by atoms with Gasteiger partial charge in [0.1, 0.15) is 11.9 Å². The van der Waals surface area contributed by atoms with Crippen molar-refractivity contribution in [3.8, 4) is 6.07 Å². The van der Waals surface area contributed by atoms with Crippen LogP contribution in [0.4, 0.5) is 5.82 Å². The zero-order valence-corrected chi connectivity index (χ0v) is 14.5. The largest absolute Gasteiger partial charge is 0.357 e. The van der Waals surface area contributed by atoms with Crippen LogP contribution >= 0.6 is 0 Å². The standard InChI is InChI=1S/C19H28N4/c1-14-10-19(2,3)11-17(14)22-16-6-8-23(9-7-16)18-5-4-15(12-20)13-21-18/h4-5,13-14,16-17,22H,6-11H2,1-3H3/t14-,17+/m0/s1. The molecule has 4 nitrogen and oxygen atoms in total. The zero-order chi connectivity index (χ0) is 16.4. The Morgan fingerprint density at radius 3 is 2.52 bits per heavy atom. The molecule has 0 amide bonds. The summed E-state index contributed by atoms with van der Waals surface area (Å²) in [5.41, 5.74) is 1.12. The van der Waals surface area contributed by atoms with E-state index in [-0.39, 0.29) is 0 Å². The van der Waals surface area contributed by atoms with Gasteiger partial charge in [0.15, 0.2) is 0 Å². The molecule has 2 fully saturated rings. The fraction of sp³-hybridized carbons (Fsp3) is 0.684. The number of aromatic nitrogens is 1. The first-order chi connectivity index (χ1) is 11.0. The second-order valence-corrected chi connectivity index (χ2v) is 8.10. The van der Waals surface area contributed by atoms with Crippen LogP contribution in [0.25, 0.3) is 0 Å². The van der Waals surface area contributed by atoms with Crippen molar-refractivity contribution in [3.63, 3.8) is 0 Å². The minimum absolute atomic E-state index is 0.490. The summed E-state index contributed by atoms with van der Waals surface area (Å²) in [6, 6.07) is 7.25. The smallest absolute Gasteiger partial charge is 0.128 e. The van der Waals surface area contributed by atoms with Crippen LogP contribution in [0.15, 0.2) is 18.3 Å². The van der Waals surface area contributed by atoms with E-state index in [2.05, 4.69) is 42.0 Å². The molecule has 2 heterocycles. The number of piperidine rings is 1. The molecule has 0 spiro atoms. The van der Waals surface area contributed by atoms with Crippen LogP contribution in [-0.4, -0.2) is 30.2 Å². The maximum Gasteiger partial charge on any atom is 0.128 e. The van der Waals surface area contributed by atoms with Crippen LogP contribution in [0.5, 0.6) is 0 Å². The molecule has 0 radical (unpaired) electrons. The van der Waals surface area contributed by atoms with Gasteiger partial charge in [-0.3, -0.25) is 0 Å². The predicted molar refractivity (Wildman–Crippen MR) is 93.3 cm³/mol. The van der Waals surface area contributed by atoms with E-state index in [1.54, 1.807) is 6.20 Å². The molecule has 0 aromatic carbocycles.